The van der Waals surface area contributed by atoms with Crippen LogP contribution in [0.1, 0.15) is 36.2 Å². The molecule has 5 nitrogen and oxygen atoms in total. The number of aliphatic hydroxyl groups excluding tert-OH is 1. The molecule has 1 aromatic carbocycles. The second-order valence-electron chi connectivity index (χ2n) is 5.42. The summed E-state index contributed by atoms with van der Waals surface area (Å²) in [7, 11) is 0. The van der Waals surface area contributed by atoms with Crippen LogP contribution in [0.4, 0.5) is 0 Å². The topological polar surface area (TPSA) is 75.4 Å². The van der Waals surface area contributed by atoms with Crippen molar-refractivity contribution in [3.8, 4) is 11.3 Å². The molecule has 0 aliphatic heterocycles. The molecule has 0 bridgehead atoms. The van der Waals surface area contributed by atoms with E-state index in [4.69, 9.17) is 4.52 Å². The van der Waals surface area contributed by atoms with Gasteiger partial charge in [0, 0.05) is 17.7 Å². The zero-order valence-electron chi connectivity index (χ0n) is 11.7. The minimum absolute atomic E-state index is 0.109. The summed E-state index contributed by atoms with van der Waals surface area (Å²) in [5.41, 5.74) is 1.19. The predicted molar refractivity (Wildman–Crippen MR) is 77.7 cm³/mol. The van der Waals surface area contributed by atoms with Crippen LogP contribution in [-0.4, -0.2) is 28.3 Å². The minimum Gasteiger partial charge on any atom is -0.393 e. The summed E-state index contributed by atoms with van der Waals surface area (Å²) in [6.07, 6.45) is 2.85. The number of carbonyl (C=O) groups excluding carboxylic acids is 1. The van der Waals surface area contributed by atoms with E-state index >= 15 is 0 Å². The third-order valence-electron chi connectivity index (χ3n) is 3.83. The van der Waals surface area contributed by atoms with Gasteiger partial charge in [-0.2, -0.15) is 0 Å². The van der Waals surface area contributed by atoms with Gasteiger partial charge in [-0.15, -0.1) is 0 Å². The van der Waals surface area contributed by atoms with Crippen molar-refractivity contribution in [1.82, 2.24) is 10.5 Å². The lowest BCUT2D eigenvalue weighted by atomic mass is 9.93. The Balaban J connectivity index is 1.64. The standard InChI is InChI=1S/C16H18N2O3/c19-13-8-6-12(7-9-13)17-16(20)14-10-15(21-18-14)11-4-2-1-3-5-11/h1-5,10,12-13,19H,6-9H2,(H,17,20)/t12-,13-. The number of benzene rings is 1. The van der Waals surface area contributed by atoms with Crippen molar-refractivity contribution >= 4 is 5.91 Å². The fourth-order valence-corrected chi connectivity index (χ4v) is 2.60. The van der Waals surface area contributed by atoms with Gasteiger partial charge < -0.3 is 14.9 Å². The molecule has 1 saturated carbocycles. The maximum atomic E-state index is 12.1. The van der Waals surface area contributed by atoms with Crippen LogP contribution in [0.15, 0.2) is 40.9 Å². The van der Waals surface area contributed by atoms with Crippen LogP contribution >= 0.6 is 0 Å². The lowest BCUT2D eigenvalue weighted by Crippen LogP contribution is -2.38. The van der Waals surface area contributed by atoms with Gasteiger partial charge in [0.05, 0.1) is 6.10 Å². The van der Waals surface area contributed by atoms with E-state index in [-0.39, 0.29) is 18.1 Å². The number of nitrogens with one attached hydrogen (secondary N) is 1. The number of carbonyl (C=O) groups is 1. The first-order valence-corrected chi connectivity index (χ1v) is 7.23. The predicted octanol–water partition coefficient (Wildman–Crippen LogP) is 2.37. The fraction of sp³-hybridized carbons (Fsp3) is 0.375. The fourth-order valence-electron chi connectivity index (χ4n) is 2.60. The van der Waals surface area contributed by atoms with Gasteiger partial charge in [-0.05, 0) is 25.7 Å². The molecule has 1 aliphatic rings. The lowest BCUT2D eigenvalue weighted by molar-refractivity contribution is 0.0859. The Morgan fingerprint density at radius 2 is 1.90 bits per heavy atom. The van der Waals surface area contributed by atoms with Gasteiger partial charge in [-0.25, -0.2) is 0 Å². The van der Waals surface area contributed by atoms with Gasteiger partial charge in [0.1, 0.15) is 0 Å². The summed E-state index contributed by atoms with van der Waals surface area (Å²) < 4.78 is 5.23. The molecule has 21 heavy (non-hydrogen) atoms. The maximum absolute atomic E-state index is 12.1. The molecule has 1 fully saturated rings. The number of aromatic nitrogens is 1. The zero-order valence-corrected chi connectivity index (χ0v) is 11.7. The molecule has 0 unspecified atom stereocenters. The molecule has 110 valence electrons. The van der Waals surface area contributed by atoms with Crippen molar-refractivity contribution in [2.45, 2.75) is 37.8 Å². The van der Waals surface area contributed by atoms with Crippen molar-refractivity contribution in [1.29, 1.82) is 0 Å². The van der Waals surface area contributed by atoms with Gasteiger partial charge in [-0.1, -0.05) is 35.5 Å². The summed E-state index contributed by atoms with van der Waals surface area (Å²) in [5, 5.41) is 16.3. The van der Waals surface area contributed by atoms with E-state index in [0.717, 1.165) is 31.2 Å². The Labute approximate surface area is 123 Å². The summed E-state index contributed by atoms with van der Waals surface area (Å²) in [6.45, 7) is 0. The Morgan fingerprint density at radius 3 is 2.62 bits per heavy atom. The van der Waals surface area contributed by atoms with Crippen LogP contribution < -0.4 is 5.32 Å². The third kappa shape index (κ3) is 3.31. The van der Waals surface area contributed by atoms with Crippen molar-refractivity contribution in [3.05, 3.63) is 42.1 Å². The summed E-state index contributed by atoms with van der Waals surface area (Å²) in [4.78, 5) is 12.1. The number of rotatable bonds is 3. The second kappa shape index (κ2) is 6.10. The Hall–Kier alpha value is -2.14. The molecule has 0 radical (unpaired) electrons. The molecule has 1 aromatic heterocycles. The molecule has 2 N–H and O–H groups in total. The Bertz CT molecular complexity index is 601. The van der Waals surface area contributed by atoms with Crippen molar-refractivity contribution < 1.29 is 14.4 Å². The van der Waals surface area contributed by atoms with E-state index in [1.54, 1.807) is 6.07 Å². The highest BCUT2D eigenvalue weighted by Crippen LogP contribution is 2.21. The Morgan fingerprint density at radius 1 is 1.19 bits per heavy atom. The average molecular weight is 286 g/mol. The molecule has 5 heteroatoms. The van der Waals surface area contributed by atoms with Crippen LogP contribution in [0, 0.1) is 0 Å². The van der Waals surface area contributed by atoms with E-state index in [2.05, 4.69) is 10.5 Å². The number of amides is 1. The van der Waals surface area contributed by atoms with Crippen molar-refractivity contribution in [3.63, 3.8) is 0 Å². The van der Waals surface area contributed by atoms with Crippen LogP contribution in [0.2, 0.25) is 0 Å². The molecular weight excluding hydrogens is 268 g/mol. The zero-order chi connectivity index (χ0) is 14.7. The van der Waals surface area contributed by atoms with E-state index in [9.17, 15) is 9.90 Å². The van der Waals surface area contributed by atoms with Gasteiger partial charge in [0.15, 0.2) is 11.5 Å². The first kappa shape index (κ1) is 13.8. The van der Waals surface area contributed by atoms with Crippen LogP contribution in [0.25, 0.3) is 11.3 Å². The van der Waals surface area contributed by atoms with Gasteiger partial charge in [0.2, 0.25) is 0 Å². The summed E-state index contributed by atoms with van der Waals surface area (Å²) >= 11 is 0. The van der Waals surface area contributed by atoms with Crippen LogP contribution in [-0.2, 0) is 0 Å². The number of hydrogen-bond donors (Lipinski definition) is 2. The van der Waals surface area contributed by atoms with Crippen molar-refractivity contribution in [2.75, 3.05) is 0 Å². The van der Waals surface area contributed by atoms with Crippen LogP contribution in [0.5, 0.6) is 0 Å². The lowest BCUT2D eigenvalue weighted by Gasteiger charge is -2.25. The summed E-state index contributed by atoms with van der Waals surface area (Å²) in [5.74, 6) is 0.363. The number of aliphatic hydroxyl groups is 1. The molecular formula is C16H18N2O3. The molecule has 1 heterocycles. The second-order valence-corrected chi connectivity index (χ2v) is 5.42. The van der Waals surface area contributed by atoms with E-state index in [1.165, 1.54) is 0 Å². The van der Waals surface area contributed by atoms with Gasteiger partial charge in [0.25, 0.3) is 5.91 Å². The number of nitrogens with zero attached hydrogens (tertiary/aromatic N) is 1. The SMILES string of the molecule is O=C(N[C@H]1CC[C@H](O)CC1)c1cc(-c2ccccc2)on1. The molecule has 1 amide bonds. The monoisotopic (exact) mass is 286 g/mol. The Kier molecular flexibility index (Phi) is 4.01. The molecule has 2 aromatic rings. The smallest absolute Gasteiger partial charge is 0.273 e. The van der Waals surface area contributed by atoms with E-state index < -0.39 is 0 Å². The molecule has 0 spiro atoms. The normalized spacial score (nSPS) is 22.0. The summed E-state index contributed by atoms with van der Waals surface area (Å²) in [6, 6.07) is 11.3. The molecule has 3 rings (SSSR count). The largest absolute Gasteiger partial charge is 0.393 e. The highest BCUT2D eigenvalue weighted by Gasteiger charge is 2.22. The highest BCUT2D eigenvalue weighted by molar-refractivity contribution is 5.93. The third-order valence-corrected chi connectivity index (χ3v) is 3.83. The van der Waals surface area contributed by atoms with Crippen LogP contribution in [0.3, 0.4) is 0 Å². The quantitative estimate of drug-likeness (QED) is 0.908. The van der Waals surface area contributed by atoms with Gasteiger partial charge in [-0.3, -0.25) is 4.79 Å². The minimum atomic E-state index is -0.227. The highest BCUT2D eigenvalue weighted by atomic mass is 16.5. The maximum Gasteiger partial charge on any atom is 0.273 e. The first-order chi connectivity index (χ1) is 10.2. The number of hydrogen-bond acceptors (Lipinski definition) is 4. The molecule has 0 saturated heterocycles. The van der Waals surface area contributed by atoms with E-state index in [1.807, 2.05) is 30.3 Å². The average Bonchev–Trinajstić information content (AvgIpc) is 3.00. The first-order valence-electron chi connectivity index (χ1n) is 7.23. The molecule has 1 aliphatic carbocycles. The van der Waals surface area contributed by atoms with Crippen molar-refractivity contribution in [2.24, 2.45) is 0 Å². The van der Waals surface area contributed by atoms with Gasteiger partial charge >= 0.3 is 0 Å². The molecule has 0 atom stereocenters. The van der Waals surface area contributed by atoms with E-state index in [0.29, 0.717) is 11.5 Å².